The van der Waals surface area contributed by atoms with Crippen molar-refractivity contribution >= 4 is 29.3 Å². The van der Waals surface area contributed by atoms with E-state index in [1.165, 1.54) is 0 Å². The van der Waals surface area contributed by atoms with E-state index in [0.29, 0.717) is 31.6 Å². The van der Waals surface area contributed by atoms with E-state index in [4.69, 9.17) is 15.2 Å². The van der Waals surface area contributed by atoms with E-state index in [0.717, 1.165) is 18.4 Å². The van der Waals surface area contributed by atoms with Crippen LogP contribution >= 0.6 is 0 Å². The Kier molecular flexibility index (Phi) is 17.9. The van der Waals surface area contributed by atoms with Crippen molar-refractivity contribution in [2.24, 2.45) is 23.7 Å². The van der Waals surface area contributed by atoms with E-state index in [1.807, 2.05) is 82.8 Å². The van der Waals surface area contributed by atoms with Gasteiger partial charge in [-0.3, -0.25) is 24.1 Å². The van der Waals surface area contributed by atoms with Gasteiger partial charge in [0.25, 0.3) is 0 Å². The SMILES string of the molecule is CC[C@H](C)[C@@H]([C@@H](CC(=O)N1CCCC1[C@H](OC)[C@@H](C)C(=O)NCCc1ccccc1N)OC)N(C)C(=O)C(NC(=O)C(C(C)C)N(C)C)C(C)C. The van der Waals surface area contributed by atoms with E-state index in [9.17, 15) is 19.2 Å². The molecule has 0 aliphatic carbocycles. The zero-order chi connectivity index (χ0) is 38.6. The highest BCUT2D eigenvalue weighted by molar-refractivity contribution is 5.90. The van der Waals surface area contributed by atoms with Crippen LogP contribution in [-0.2, 0) is 35.1 Å². The minimum atomic E-state index is -0.744. The minimum absolute atomic E-state index is 0.00135. The molecule has 4 amide bonds. The third kappa shape index (κ3) is 11.6. The molecule has 1 aromatic carbocycles. The molecule has 51 heavy (non-hydrogen) atoms. The number of nitrogen functional groups attached to an aromatic ring is 1. The van der Waals surface area contributed by atoms with E-state index in [-0.39, 0.29) is 59.9 Å². The maximum atomic E-state index is 14.2. The Labute approximate surface area is 307 Å². The van der Waals surface area contributed by atoms with Crippen molar-refractivity contribution in [1.82, 2.24) is 25.3 Å². The van der Waals surface area contributed by atoms with E-state index in [1.54, 1.807) is 26.2 Å². The van der Waals surface area contributed by atoms with Crippen LogP contribution in [0.3, 0.4) is 0 Å². The maximum absolute atomic E-state index is 14.2. The number of likely N-dealkylation sites (tertiary alicyclic amines) is 1. The number of methoxy groups -OCH3 is 2. The number of amides is 4. The Morgan fingerprint density at radius 3 is 2.14 bits per heavy atom. The summed E-state index contributed by atoms with van der Waals surface area (Å²) >= 11 is 0. The normalized spacial score (nSPS) is 19.0. The quantitative estimate of drug-likeness (QED) is 0.174. The van der Waals surface area contributed by atoms with E-state index >= 15 is 0 Å². The molecule has 0 saturated carbocycles. The number of nitrogens with one attached hydrogen (secondary N) is 2. The predicted molar refractivity (Wildman–Crippen MR) is 203 cm³/mol. The second kappa shape index (κ2) is 20.7. The number of para-hydroxylation sites is 1. The lowest BCUT2D eigenvalue weighted by molar-refractivity contribution is -0.148. The van der Waals surface area contributed by atoms with Crippen LogP contribution in [0.4, 0.5) is 5.69 Å². The van der Waals surface area contributed by atoms with Crippen LogP contribution in [0.25, 0.3) is 0 Å². The van der Waals surface area contributed by atoms with Crippen LogP contribution in [-0.4, -0.2) is 123 Å². The lowest BCUT2D eigenvalue weighted by Gasteiger charge is -2.41. The van der Waals surface area contributed by atoms with Crippen LogP contribution in [0.1, 0.15) is 79.7 Å². The summed E-state index contributed by atoms with van der Waals surface area (Å²) in [6.07, 6.45) is 1.85. The standard InChI is InChI=1S/C39H68N6O6/c1-13-26(6)35(44(10)39(49)33(24(2)3)42-38(48)34(25(4)5)43(8)9)31(50-11)23-32(46)45-22-16-19-30(45)36(51-12)27(7)37(47)41-21-20-28-17-14-15-18-29(28)40/h14-15,17-18,24-27,30-31,33-36H,13,16,19-23,40H2,1-12H3,(H,41,47)(H,42,48)/t26-,27+,30?,31+,33?,34?,35-,36+/m0/s1. The molecule has 0 aromatic heterocycles. The Balaban J connectivity index is 2.21. The molecule has 4 N–H and O–H groups in total. The average Bonchev–Trinajstić information content (AvgIpc) is 3.56. The lowest BCUT2D eigenvalue weighted by atomic mass is 9.89. The van der Waals surface area contributed by atoms with Gasteiger partial charge in [-0.2, -0.15) is 0 Å². The first-order valence-corrected chi connectivity index (χ1v) is 18.7. The number of hydrogen-bond acceptors (Lipinski definition) is 8. The van der Waals surface area contributed by atoms with Gasteiger partial charge in [0.1, 0.15) is 6.04 Å². The summed E-state index contributed by atoms with van der Waals surface area (Å²) in [5, 5.41) is 6.06. The molecule has 1 saturated heterocycles. The second-order valence-corrected chi connectivity index (χ2v) is 15.2. The highest BCUT2D eigenvalue weighted by Gasteiger charge is 2.43. The van der Waals surface area contributed by atoms with E-state index < -0.39 is 30.2 Å². The van der Waals surface area contributed by atoms with Gasteiger partial charge in [0.2, 0.25) is 23.6 Å². The number of carbonyl (C=O) groups is 4. The third-order valence-corrected chi connectivity index (χ3v) is 10.7. The fourth-order valence-electron chi connectivity index (χ4n) is 7.65. The summed E-state index contributed by atoms with van der Waals surface area (Å²) in [5.41, 5.74) is 7.74. The fourth-order valence-corrected chi connectivity index (χ4v) is 7.65. The topological polar surface area (TPSA) is 147 Å². The number of nitrogens with two attached hydrogens (primary N) is 1. The molecule has 1 aliphatic heterocycles. The van der Waals surface area contributed by atoms with Crippen molar-refractivity contribution in [3.05, 3.63) is 29.8 Å². The molecule has 12 heteroatoms. The molecular formula is C39H68N6O6. The number of hydrogen-bond donors (Lipinski definition) is 3. The summed E-state index contributed by atoms with van der Waals surface area (Å²) < 4.78 is 11.9. The second-order valence-electron chi connectivity index (χ2n) is 15.2. The molecule has 1 aromatic rings. The van der Waals surface area contributed by atoms with Crippen LogP contribution < -0.4 is 16.4 Å². The Bertz CT molecular complexity index is 1270. The smallest absolute Gasteiger partial charge is 0.245 e. The van der Waals surface area contributed by atoms with Gasteiger partial charge in [-0.1, -0.05) is 73.1 Å². The summed E-state index contributed by atoms with van der Waals surface area (Å²) in [6, 6.07) is 5.77. The number of nitrogens with zero attached hydrogens (tertiary/aromatic N) is 3. The molecule has 1 aliphatic rings. The molecule has 1 fully saturated rings. The van der Waals surface area contributed by atoms with E-state index in [2.05, 4.69) is 24.5 Å². The Morgan fingerprint density at radius 2 is 1.61 bits per heavy atom. The van der Waals surface area contributed by atoms with Crippen molar-refractivity contribution < 1.29 is 28.7 Å². The highest BCUT2D eigenvalue weighted by atomic mass is 16.5. The van der Waals surface area contributed by atoms with Crippen LogP contribution in [0.15, 0.2) is 24.3 Å². The van der Waals surface area contributed by atoms with Gasteiger partial charge in [-0.05, 0) is 62.7 Å². The predicted octanol–water partition coefficient (Wildman–Crippen LogP) is 3.57. The molecule has 0 bridgehead atoms. The van der Waals surface area contributed by atoms with Crippen molar-refractivity contribution in [2.45, 2.75) is 117 Å². The molecular weight excluding hydrogens is 648 g/mol. The van der Waals surface area contributed by atoms with Crippen LogP contribution in [0, 0.1) is 23.7 Å². The fraction of sp³-hybridized carbons (Fsp3) is 0.744. The summed E-state index contributed by atoms with van der Waals surface area (Å²) in [7, 11) is 8.63. The van der Waals surface area contributed by atoms with Crippen LogP contribution in [0.2, 0.25) is 0 Å². The molecule has 290 valence electrons. The molecule has 2 rings (SSSR count). The van der Waals surface area contributed by atoms with Gasteiger partial charge < -0.3 is 35.6 Å². The van der Waals surface area contributed by atoms with Gasteiger partial charge in [-0.25, -0.2) is 0 Å². The zero-order valence-electron chi connectivity index (χ0n) is 33.4. The van der Waals surface area contributed by atoms with Gasteiger partial charge in [0.15, 0.2) is 0 Å². The number of anilines is 1. The van der Waals surface area contributed by atoms with Gasteiger partial charge in [0, 0.05) is 40.0 Å². The number of likely N-dealkylation sites (N-methyl/N-ethyl adjacent to an activating group) is 2. The third-order valence-electron chi connectivity index (χ3n) is 10.7. The molecule has 0 radical (unpaired) electrons. The summed E-state index contributed by atoms with van der Waals surface area (Å²) in [5.74, 6) is -1.25. The molecule has 1 heterocycles. The number of benzene rings is 1. The van der Waals surface area contributed by atoms with Gasteiger partial charge in [0.05, 0.1) is 42.7 Å². The number of carbonyl (C=O) groups excluding carboxylic acids is 4. The molecule has 8 atom stereocenters. The number of ether oxygens (including phenoxy) is 2. The summed E-state index contributed by atoms with van der Waals surface area (Å²) in [6.45, 7) is 14.8. The number of rotatable bonds is 20. The average molecular weight is 717 g/mol. The van der Waals surface area contributed by atoms with Gasteiger partial charge in [-0.15, -0.1) is 0 Å². The zero-order valence-corrected chi connectivity index (χ0v) is 33.4. The van der Waals surface area contributed by atoms with Crippen LogP contribution in [0.5, 0.6) is 0 Å². The first-order chi connectivity index (χ1) is 24.0. The minimum Gasteiger partial charge on any atom is -0.399 e. The molecule has 12 nitrogen and oxygen atoms in total. The largest absolute Gasteiger partial charge is 0.399 e. The first-order valence-electron chi connectivity index (χ1n) is 18.7. The first kappa shape index (κ1) is 43.9. The van der Waals surface area contributed by atoms with Gasteiger partial charge >= 0.3 is 0 Å². The summed E-state index contributed by atoms with van der Waals surface area (Å²) in [4.78, 5) is 60.3. The Hall–Kier alpha value is -3.22. The monoisotopic (exact) mass is 717 g/mol. The van der Waals surface area contributed by atoms with Crippen molar-refractivity contribution in [1.29, 1.82) is 0 Å². The highest BCUT2D eigenvalue weighted by Crippen LogP contribution is 2.29. The van der Waals surface area contributed by atoms with Crippen molar-refractivity contribution in [3.8, 4) is 0 Å². The maximum Gasteiger partial charge on any atom is 0.245 e. The molecule has 0 spiro atoms. The molecule has 3 unspecified atom stereocenters. The Morgan fingerprint density at radius 1 is 0.961 bits per heavy atom. The van der Waals surface area contributed by atoms with Crippen molar-refractivity contribution in [3.63, 3.8) is 0 Å². The van der Waals surface area contributed by atoms with Crippen molar-refractivity contribution in [2.75, 3.05) is 54.2 Å². The lowest BCUT2D eigenvalue weighted by Crippen LogP contribution is -2.59.